The van der Waals surface area contributed by atoms with Gasteiger partial charge in [0.05, 0.1) is 43.3 Å². The van der Waals surface area contributed by atoms with Gasteiger partial charge < -0.3 is 58.4 Å². The molecule has 5 fully saturated rings. The van der Waals surface area contributed by atoms with Crippen molar-refractivity contribution in [2.45, 2.75) is 74.8 Å². The molecule has 19 nitrogen and oxygen atoms in total. The highest BCUT2D eigenvalue weighted by molar-refractivity contribution is 7.99. The minimum absolute atomic E-state index is 0.00546. The van der Waals surface area contributed by atoms with Crippen LogP contribution in [-0.2, 0) is 42.3 Å². The number of aliphatic hydroxyl groups excluding tert-OH is 1. The molecule has 20 heteroatoms. The molecule has 0 amide bonds. The van der Waals surface area contributed by atoms with Crippen molar-refractivity contribution >= 4 is 35.3 Å². The first-order valence-electron chi connectivity index (χ1n) is 24.1. The number of nitrogens with zero attached hydrogens (tertiary/aromatic N) is 5. The monoisotopic (exact) mass is 992 g/mol. The van der Waals surface area contributed by atoms with Gasteiger partial charge in [-0.15, -0.1) is 11.8 Å². The largest absolute Gasteiger partial charge is 0.504 e. The summed E-state index contributed by atoms with van der Waals surface area (Å²) < 4.78 is 35.9. The number of hydrogen-bond acceptors (Lipinski definition) is 20. The highest BCUT2D eigenvalue weighted by Gasteiger charge is 2.61. The van der Waals surface area contributed by atoms with Crippen LogP contribution in [0.25, 0.3) is 0 Å². The summed E-state index contributed by atoms with van der Waals surface area (Å²) >= 11 is 1.47. The van der Waals surface area contributed by atoms with Crippen molar-refractivity contribution in [2.24, 2.45) is 0 Å². The number of allylic oxidation sites excluding steroid dienone is 1. The van der Waals surface area contributed by atoms with Gasteiger partial charge in [0.15, 0.2) is 40.0 Å². The van der Waals surface area contributed by atoms with E-state index in [1.807, 2.05) is 46.6 Å². The summed E-state index contributed by atoms with van der Waals surface area (Å²) in [5, 5.41) is 38.2. The number of esters is 2. The number of benzene rings is 3. The molecule has 11 aliphatic rings. The molecule has 374 valence electrons. The first kappa shape index (κ1) is 45.9. The van der Waals surface area contributed by atoms with Gasteiger partial charge in [-0.1, -0.05) is 6.07 Å². The lowest BCUT2D eigenvalue weighted by Crippen LogP contribution is -2.70. The summed E-state index contributed by atoms with van der Waals surface area (Å²) in [6.07, 6.45) is 1.50. The van der Waals surface area contributed by atoms with Crippen molar-refractivity contribution in [3.63, 3.8) is 0 Å². The number of thioether (sulfide) groups is 1. The molecule has 3 aromatic carbocycles. The number of aromatic hydroxyl groups is 2. The topological polar surface area (TPSA) is 212 Å². The molecule has 0 saturated carbocycles. The number of hydrogen-bond donors (Lipinski definition) is 4. The van der Waals surface area contributed by atoms with Gasteiger partial charge in [-0.05, 0) is 68.1 Å². The van der Waals surface area contributed by atoms with Crippen molar-refractivity contribution in [2.75, 3.05) is 86.2 Å². The maximum Gasteiger partial charge on any atom is 0.331 e. The summed E-state index contributed by atoms with van der Waals surface area (Å²) in [4.78, 5) is 62.2. The van der Waals surface area contributed by atoms with Crippen LogP contribution in [0.2, 0.25) is 0 Å². The zero-order valence-electron chi connectivity index (χ0n) is 40.3. The van der Waals surface area contributed by atoms with E-state index >= 15 is 0 Å². The Morgan fingerprint density at radius 3 is 2.28 bits per heavy atom. The van der Waals surface area contributed by atoms with Gasteiger partial charge in [-0.2, -0.15) is 0 Å². The fourth-order valence-electron chi connectivity index (χ4n) is 12.3. The summed E-state index contributed by atoms with van der Waals surface area (Å²) in [6, 6.07) is 3.13. The van der Waals surface area contributed by atoms with E-state index in [-0.39, 0.29) is 54.0 Å². The van der Waals surface area contributed by atoms with Gasteiger partial charge in [0.2, 0.25) is 18.4 Å². The number of carbonyl (C=O) groups excluding carboxylic acids is 4. The minimum atomic E-state index is -1.36. The first-order valence-corrected chi connectivity index (χ1v) is 25.2. The molecule has 7 atom stereocenters. The standard InChI is InChI=1S/C39H43N3O11S.C12H13N3O2/c1-16-9-20-10-22-37(46)42-23-13-50-38(47)39(21-12-25(48-5)24(44)11-19(21)7-8-40-39)14-54-36(30(42)29(41(22)4)26(20)31(45)32(16)49-6)28-27(23)35-34(51-15-52-35)17(2)33(28)53-18(3)43;16-9-7-8(13-1-2-13)12(17)11(15-5-6-15)10(9)14-3-4-14/h9,11-12,22-23,29-30,36-37,40,44-46H,7-8,10,13-15H2,1-6H3;7H,1-6H2/t22-,23-,29+,30+,36+,37-,39+;/m0./s1. The number of phenols is 2. The van der Waals surface area contributed by atoms with Crippen molar-refractivity contribution in [1.82, 2.24) is 29.8 Å². The molecular formula is C51H56N6O13S. The number of nitrogens with one attached hydrogen (secondary N) is 1. The summed E-state index contributed by atoms with van der Waals surface area (Å²) in [7, 11) is 4.96. The lowest BCUT2D eigenvalue weighted by molar-refractivity contribution is -0.186. The Hall–Kier alpha value is -6.19. The van der Waals surface area contributed by atoms with E-state index < -0.39 is 47.1 Å². The number of rotatable bonds is 6. The van der Waals surface area contributed by atoms with Gasteiger partial charge in [0.1, 0.15) is 30.0 Å². The van der Waals surface area contributed by atoms with Crippen LogP contribution in [0.15, 0.2) is 41.4 Å². The Morgan fingerprint density at radius 1 is 0.873 bits per heavy atom. The number of phenolic OH excluding ortho intramolecular Hbond substituents is 2. The zero-order chi connectivity index (χ0) is 49.5. The van der Waals surface area contributed by atoms with Crippen LogP contribution in [0.1, 0.15) is 68.8 Å². The van der Waals surface area contributed by atoms with E-state index in [2.05, 4.69) is 10.2 Å². The summed E-state index contributed by atoms with van der Waals surface area (Å²) in [6.45, 7) is 10.7. The number of aryl methyl sites for hydroxylation is 1. The highest BCUT2D eigenvalue weighted by atomic mass is 32.2. The average molecular weight is 993 g/mol. The van der Waals surface area contributed by atoms with Crippen LogP contribution in [0, 0.1) is 13.8 Å². The fourth-order valence-corrected chi connectivity index (χ4v) is 14.0. The molecule has 0 unspecified atom stereocenters. The first-order chi connectivity index (χ1) is 34.2. The van der Waals surface area contributed by atoms with Crippen molar-refractivity contribution < 1.29 is 62.9 Å². The van der Waals surface area contributed by atoms with Gasteiger partial charge in [-0.3, -0.25) is 29.5 Å². The van der Waals surface area contributed by atoms with Crippen LogP contribution in [0.4, 0.5) is 0 Å². The summed E-state index contributed by atoms with van der Waals surface area (Å²) in [5.74, 6) is 0.998. The van der Waals surface area contributed by atoms with E-state index in [0.717, 1.165) is 56.0 Å². The van der Waals surface area contributed by atoms with Crippen LogP contribution in [-0.4, -0.2) is 168 Å². The van der Waals surface area contributed by atoms with Crippen LogP contribution in [0.5, 0.6) is 40.2 Å². The molecule has 10 heterocycles. The Bertz CT molecular complexity index is 2930. The molecule has 14 rings (SSSR count). The summed E-state index contributed by atoms with van der Waals surface area (Å²) in [5.41, 5.74) is 6.24. The van der Waals surface area contributed by atoms with E-state index in [4.69, 9.17) is 28.4 Å². The van der Waals surface area contributed by atoms with Crippen LogP contribution >= 0.6 is 11.8 Å². The molecule has 10 aliphatic heterocycles. The third-order valence-corrected chi connectivity index (χ3v) is 17.2. The second-order valence-corrected chi connectivity index (χ2v) is 20.9. The average Bonchev–Trinajstić information content (AvgIpc) is 4.22. The number of Topliss-reactive ketones (excluding diaryl/α,β-unsaturated/α-hetero) is 1. The van der Waals surface area contributed by atoms with E-state index in [9.17, 15) is 34.5 Å². The Kier molecular flexibility index (Phi) is 10.8. The SMILES string of the molecule is COc1cc2c(cc1O)CCN[C@]21CS[C@@H]2c3c(OC(C)=O)c(C)c4c(c3[C@H](COC1=O)N1[C@@H]2[C@H]2c3c(cc(C)c(OC)c3O)C[C@@H]([C@@H]1O)N2C)OCO4.O=C1C=C(N2CC2)C(=O)C(N2CC2)=C1N1CC1. The third-order valence-electron chi connectivity index (χ3n) is 15.8. The fraction of sp³-hybridized carbons (Fsp3) is 0.490. The molecule has 1 aliphatic carbocycles. The molecule has 0 aromatic heterocycles. The van der Waals surface area contributed by atoms with Gasteiger partial charge >= 0.3 is 11.9 Å². The number of ketones is 2. The molecule has 5 saturated heterocycles. The molecule has 4 bridgehead atoms. The maximum atomic E-state index is 14.7. The van der Waals surface area contributed by atoms with Crippen LogP contribution in [0.3, 0.4) is 0 Å². The molecular weight excluding hydrogens is 937 g/mol. The number of ether oxygens (including phenoxy) is 6. The number of carbonyl (C=O) groups is 4. The molecule has 3 aromatic rings. The maximum absolute atomic E-state index is 14.7. The van der Waals surface area contributed by atoms with Crippen molar-refractivity contribution in [1.29, 1.82) is 0 Å². The second-order valence-electron chi connectivity index (χ2n) is 19.8. The molecule has 0 radical (unpaired) electrons. The van der Waals surface area contributed by atoms with Gasteiger partial charge in [0.25, 0.3) is 0 Å². The predicted octanol–water partition coefficient (Wildman–Crippen LogP) is 2.59. The third kappa shape index (κ3) is 6.99. The zero-order valence-corrected chi connectivity index (χ0v) is 41.1. The molecule has 4 N–H and O–H groups in total. The number of fused-ring (bicyclic) bond motifs is 9. The lowest BCUT2D eigenvalue weighted by atomic mass is 9.73. The quantitative estimate of drug-likeness (QED) is 0.121. The number of methoxy groups -OCH3 is 2. The highest BCUT2D eigenvalue weighted by Crippen LogP contribution is 2.64. The van der Waals surface area contributed by atoms with Gasteiger partial charge in [0, 0.05) is 92.9 Å². The second kappa shape index (κ2) is 16.7. The van der Waals surface area contributed by atoms with Gasteiger partial charge in [-0.25, -0.2) is 4.79 Å². The Labute approximate surface area is 413 Å². The number of aliphatic hydroxyl groups is 1. The Morgan fingerprint density at radius 2 is 1.59 bits per heavy atom. The van der Waals surface area contributed by atoms with E-state index in [0.29, 0.717) is 87.3 Å². The van der Waals surface area contributed by atoms with Crippen LogP contribution < -0.4 is 29.0 Å². The number of likely N-dealkylation sites (N-methyl/N-ethyl adjacent to an activating group) is 1. The lowest BCUT2D eigenvalue weighted by Gasteiger charge is -2.62. The minimum Gasteiger partial charge on any atom is -0.504 e. The smallest absolute Gasteiger partial charge is 0.331 e. The van der Waals surface area contributed by atoms with E-state index in [1.54, 1.807) is 12.1 Å². The molecule has 71 heavy (non-hydrogen) atoms. The van der Waals surface area contributed by atoms with Crippen molar-refractivity contribution in [3.8, 4) is 40.2 Å². The predicted molar refractivity (Wildman–Crippen MR) is 254 cm³/mol. The molecule has 1 spiro atoms. The Balaban J connectivity index is 0.000000253. The van der Waals surface area contributed by atoms with E-state index in [1.165, 1.54) is 39.0 Å². The number of piperazine rings is 1. The van der Waals surface area contributed by atoms with Crippen molar-refractivity contribution in [3.05, 3.63) is 85.9 Å². The normalized spacial score (nSPS) is 28.7.